The molecule has 3 heteroatoms. The molecule has 0 aromatic heterocycles. The molecule has 19 heavy (non-hydrogen) atoms. The molecule has 1 fully saturated rings. The molecule has 0 amide bonds. The molecular formula is C16H33N3. The van der Waals surface area contributed by atoms with Crippen LogP contribution in [-0.4, -0.2) is 74.6 Å². The highest BCUT2D eigenvalue weighted by molar-refractivity contribution is 4.82. The maximum atomic E-state index is 3.83. The number of hydrogen-bond acceptors (Lipinski definition) is 3. The normalized spacial score (nSPS) is 20.1. The van der Waals surface area contributed by atoms with Gasteiger partial charge in [-0.1, -0.05) is 13.0 Å². The van der Waals surface area contributed by atoms with E-state index in [0.29, 0.717) is 0 Å². The molecule has 1 aliphatic heterocycles. The molecule has 112 valence electrons. The van der Waals surface area contributed by atoms with Crippen molar-refractivity contribution in [1.29, 1.82) is 0 Å². The van der Waals surface area contributed by atoms with E-state index in [4.69, 9.17) is 0 Å². The van der Waals surface area contributed by atoms with Crippen LogP contribution < -0.4 is 0 Å². The highest BCUT2D eigenvalue weighted by Crippen LogP contribution is 2.16. The van der Waals surface area contributed by atoms with E-state index in [0.717, 1.165) is 18.5 Å². The Morgan fingerprint density at radius 1 is 1.26 bits per heavy atom. The average molecular weight is 267 g/mol. The minimum Gasteiger partial charge on any atom is -0.309 e. The van der Waals surface area contributed by atoms with E-state index in [-0.39, 0.29) is 0 Å². The van der Waals surface area contributed by atoms with Crippen LogP contribution in [0.4, 0.5) is 0 Å². The van der Waals surface area contributed by atoms with E-state index in [1.54, 1.807) is 0 Å². The van der Waals surface area contributed by atoms with Crippen LogP contribution in [0.1, 0.15) is 26.2 Å². The van der Waals surface area contributed by atoms with Gasteiger partial charge in [-0.25, -0.2) is 0 Å². The largest absolute Gasteiger partial charge is 0.309 e. The second-order valence-corrected chi connectivity index (χ2v) is 6.46. The summed E-state index contributed by atoms with van der Waals surface area (Å²) in [4.78, 5) is 7.38. The van der Waals surface area contributed by atoms with Gasteiger partial charge in [0.1, 0.15) is 0 Å². The molecule has 0 spiro atoms. The fourth-order valence-corrected chi connectivity index (χ4v) is 3.05. The predicted octanol–water partition coefficient (Wildman–Crippen LogP) is 2.16. The smallest absolute Gasteiger partial charge is 0.0160 e. The van der Waals surface area contributed by atoms with Crippen LogP contribution in [0.3, 0.4) is 0 Å². The van der Waals surface area contributed by atoms with Gasteiger partial charge in [0.25, 0.3) is 0 Å². The molecule has 0 bridgehead atoms. The van der Waals surface area contributed by atoms with E-state index in [1.165, 1.54) is 45.4 Å². The van der Waals surface area contributed by atoms with Crippen molar-refractivity contribution in [2.75, 3.05) is 53.9 Å². The fourth-order valence-electron chi connectivity index (χ4n) is 3.05. The van der Waals surface area contributed by atoms with Crippen molar-refractivity contribution in [3.05, 3.63) is 12.7 Å². The van der Waals surface area contributed by atoms with Gasteiger partial charge in [0, 0.05) is 19.1 Å². The van der Waals surface area contributed by atoms with Crippen molar-refractivity contribution in [2.45, 2.75) is 32.2 Å². The lowest BCUT2D eigenvalue weighted by molar-refractivity contribution is 0.129. The van der Waals surface area contributed by atoms with Gasteiger partial charge in [-0.2, -0.15) is 0 Å². The number of nitrogens with zero attached hydrogens (tertiary/aromatic N) is 3. The second kappa shape index (κ2) is 8.72. The van der Waals surface area contributed by atoms with Gasteiger partial charge in [-0.15, -0.1) is 6.58 Å². The average Bonchev–Trinajstić information content (AvgIpc) is 2.36. The summed E-state index contributed by atoms with van der Waals surface area (Å²) in [6.45, 7) is 12.2. The van der Waals surface area contributed by atoms with E-state index in [9.17, 15) is 0 Å². The molecule has 1 saturated heterocycles. The van der Waals surface area contributed by atoms with Crippen LogP contribution in [0.15, 0.2) is 12.7 Å². The molecule has 1 atom stereocenters. The lowest BCUT2D eigenvalue weighted by Gasteiger charge is -2.36. The number of likely N-dealkylation sites (tertiary alicyclic amines) is 1. The second-order valence-electron chi connectivity index (χ2n) is 6.46. The Kier molecular flexibility index (Phi) is 7.66. The van der Waals surface area contributed by atoms with Gasteiger partial charge in [-0.05, 0) is 66.0 Å². The standard InChI is InChI=1S/C16H33N3/c1-6-10-18(5)16-8-12-19(13-9-16)11-7-15(2)14-17(3)4/h6,15-16H,1,7-14H2,2-5H3. The summed E-state index contributed by atoms with van der Waals surface area (Å²) in [5.41, 5.74) is 0. The summed E-state index contributed by atoms with van der Waals surface area (Å²) in [6.07, 6.45) is 5.96. The number of hydrogen-bond donors (Lipinski definition) is 0. The molecule has 1 aliphatic rings. The zero-order valence-electron chi connectivity index (χ0n) is 13.4. The van der Waals surface area contributed by atoms with Crippen molar-refractivity contribution in [3.63, 3.8) is 0 Å². The van der Waals surface area contributed by atoms with Gasteiger partial charge in [0.2, 0.25) is 0 Å². The first-order valence-corrected chi connectivity index (χ1v) is 7.71. The molecule has 0 aromatic rings. The van der Waals surface area contributed by atoms with Crippen LogP contribution in [0.5, 0.6) is 0 Å². The van der Waals surface area contributed by atoms with Gasteiger partial charge >= 0.3 is 0 Å². The van der Waals surface area contributed by atoms with E-state index in [2.05, 4.69) is 49.3 Å². The quantitative estimate of drug-likeness (QED) is 0.624. The van der Waals surface area contributed by atoms with Gasteiger partial charge in [0.05, 0.1) is 0 Å². The molecular weight excluding hydrogens is 234 g/mol. The molecule has 0 radical (unpaired) electrons. The van der Waals surface area contributed by atoms with Crippen molar-refractivity contribution in [1.82, 2.24) is 14.7 Å². The first-order chi connectivity index (χ1) is 9.02. The minimum atomic E-state index is 0.758. The summed E-state index contributed by atoms with van der Waals surface area (Å²) in [5.74, 6) is 0.802. The van der Waals surface area contributed by atoms with Crippen LogP contribution in [0.25, 0.3) is 0 Å². The highest BCUT2D eigenvalue weighted by atomic mass is 15.2. The maximum absolute atomic E-state index is 3.83. The number of piperidine rings is 1. The molecule has 1 unspecified atom stereocenters. The molecule has 3 nitrogen and oxygen atoms in total. The Morgan fingerprint density at radius 2 is 1.89 bits per heavy atom. The van der Waals surface area contributed by atoms with Gasteiger partial charge in [-0.3, -0.25) is 4.90 Å². The van der Waals surface area contributed by atoms with E-state index >= 15 is 0 Å². The molecule has 0 aliphatic carbocycles. The zero-order valence-corrected chi connectivity index (χ0v) is 13.4. The zero-order chi connectivity index (χ0) is 14.3. The summed E-state index contributed by atoms with van der Waals surface area (Å²) >= 11 is 0. The summed E-state index contributed by atoms with van der Waals surface area (Å²) in [5, 5.41) is 0. The topological polar surface area (TPSA) is 9.72 Å². The first kappa shape index (κ1) is 16.7. The third-order valence-corrected chi connectivity index (χ3v) is 4.21. The lowest BCUT2D eigenvalue weighted by Crippen LogP contribution is -2.44. The van der Waals surface area contributed by atoms with Crippen molar-refractivity contribution in [3.8, 4) is 0 Å². The third-order valence-electron chi connectivity index (χ3n) is 4.21. The Hall–Kier alpha value is -0.380. The monoisotopic (exact) mass is 267 g/mol. The van der Waals surface area contributed by atoms with Gasteiger partial charge in [0.15, 0.2) is 0 Å². The molecule has 0 saturated carbocycles. The van der Waals surface area contributed by atoms with Crippen LogP contribution in [0, 0.1) is 5.92 Å². The van der Waals surface area contributed by atoms with E-state index in [1.807, 2.05) is 6.08 Å². The number of rotatable bonds is 8. The Balaban J connectivity index is 2.17. The van der Waals surface area contributed by atoms with E-state index < -0.39 is 0 Å². The van der Waals surface area contributed by atoms with Crippen molar-refractivity contribution < 1.29 is 0 Å². The Labute approximate surface area is 120 Å². The molecule has 1 rings (SSSR count). The SMILES string of the molecule is C=CCN(C)C1CCN(CCC(C)CN(C)C)CC1. The maximum Gasteiger partial charge on any atom is 0.0160 e. The summed E-state index contributed by atoms with van der Waals surface area (Å²) in [6, 6.07) is 0.758. The first-order valence-electron chi connectivity index (χ1n) is 7.71. The Bertz CT molecular complexity index is 244. The Morgan fingerprint density at radius 3 is 2.42 bits per heavy atom. The van der Waals surface area contributed by atoms with Crippen LogP contribution in [-0.2, 0) is 0 Å². The predicted molar refractivity (Wildman–Crippen MR) is 84.6 cm³/mol. The van der Waals surface area contributed by atoms with Crippen LogP contribution >= 0.6 is 0 Å². The molecule has 0 aromatic carbocycles. The van der Waals surface area contributed by atoms with Crippen molar-refractivity contribution >= 4 is 0 Å². The number of likely N-dealkylation sites (N-methyl/N-ethyl adjacent to an activating group) is 1. The molecule has 0 N–H and O–H groups in total. The molecule has 1 heterocycles. The van der Waals surface area contributed by atoms with Crippen LogP contribution in [0.2, 0.25) is 0 Å². The summed E-state index contributed by atoms with van der Waals surface area (Å²) < 4.78 is 0. The lowest BCUT2D eigenvalue weighted by atomic mass is 10.0. The van der Waals surface area contributed by atoms with Crippen molar-refractivity contribution in [2.24, 2.45) is 5.92 Å². The van der Waals surface area contributed by atoms with Gasteiger partial charge < -0.3 is 9.80 Å². The third kappa shape index (κ3) is 6.55. The fraction of sp³-hybridized carbons (Fsp3) is 0.875. The summed E-state index contributed by atoms with van der Waals surface area (Å²) in [7, 11) is 6.55. The highest BCUT2D eigenvalue weighted by Gasteiger charge is 2.21. The minimum absolute atomic E-state index is 0.758.